The number of carbonyl (C=O) groups is 2. The molecular weight excluding hydrogens is 342 g/mol. The summed E-state index contributed by atoms with van der Waals surface area (Å²) in [6.07, 6.45) is 3.00. The van der Waals surface area contributed by atoms with E-state index in [1.807, 2.05) is 54.6 Å². The van der Waals surface area contributed by atoms with Gasteiger partial charge in [-0.25, -0.2) is 9.59 Å². The van der Waals surface area contributed by atoms with Gasteiger partial charge in [0.25, 0.3) is 0 Å². The van der Waals surface area contributed by atoms with Gasteiger partial charge in [-0.3, -0.25) is 0 Å². The van der Waals surface area contributed by atoms with Crippen molar-refractivity contribution >= 4 is 12.1 Å². The van der Waals surface area contributed by atoms with Crippen LogP contribution < -0.4 is 5.32 Å². The normalized spacial score (nSPS) is 23.6. The molecule has 5 heteroatoms. The lowest BCUT2D eigenvalue weighted by atomic mass is 9.75. The zero-order valence-electron chi connectivity index (χ0n) is 15.1. The van der Waals surface area contributed by atoms with Crippen LogP contribution in [0.1, 0.15) is 47.2 Å². The van der Waals surface area contributed by atoms with E-state index in [4.69, 9.17) is 9.47 Å². The highest BCUT2D eigenvalue weighted by atomic mass is 16.6. The Morgan fingerprint density at radius 1 is 1.07 bits per heavy atom. The summed E-state index contributed by atoms with van der Waals surface area (Å²) in [7, 11) is 0. The molecule has 1 spiro atoms. The number of carbonyl (C=O) groups excluding carboxylic acids is 2. The molecule has 2 aromatic carbocycles. The van der Waals surface area contributed by atoms with E-state index in [2.05, 4.69) is 5.32 Å². The van der Waals surface area contributed by atoms with Crippen LogP contribution in [-0.4, -0.2) is 18.6 Å². The van der Waals surface area contributed by atoms with Crippen LogP contribution in [0, 0.1) is 5.92 Å². The van der Waals surface area contributed by atoms with Crippen LogP contribution in [0.15, 0.2) is 54.6 Å². The minimum absolute atomic E-state index is 0.216. The molecule has 1 amide bonds. The van der Waals surface area contributed by atoms with Gasteiger partial charge in [-0.1, -0.05) is 48.5 Å². The van der Waals surface area contributed by atoms with Crippen molar-refractivity contribution in [2.24, 2.45) is 5.92 Å². The maximum absolute atomic E-state index is 12.1. The molecule has 0 unspecified atom stereocenters. The van der Waals surface area contributed by atoms with Gasteiger partial charge in [-0.05, 0) is 43.2 Å². The fourth-order valence-electron chi connectivity index (χ4n) is 4.07. The first kappa shape index (κ1) is 17.6. The molecule has 1 aliphatic carbocycles. The maximum atomic E-state index is 12.1. The Balaban J connectivity index is 1.26. The lowest BCUT2D eigenvalue weighted by molar-refractivity contribution is -0.0357. The lowest BCUT2D eigenvalue weighted by Gasteiger charge is -2.36. The predicted octanol–water partition coefficient (Wildman–Crippen LogP) is 4.17. The molecule has 140 valence electrons. The van der Waals surface area contributed by atoms with Gasteiger partial charge in [-0.15, -0.1) is 0 Å². The van der Waals surface area contributed by atoms with Crippen molar-refractivity contribution in [1.29, 1.82) is 0 Å². The molecule has 0 aromatic heterocycles. The molecule has 4 rings (SSSR count). The second kappa shape index (κ2) is 7.43. The molecule has 1 N–H and O–H groups in total. The largest absolute Gasteiger partial charge is 0.451 e. The van der Waals surface area contributed by atoms with Gasteiger partial charge in [0.1, 0.15) is 12.2 Å². The Labute approximate surface area is 158 Å². The maximum Gasteiger partial charge on any atom is 0.407 e. The van der Waals surface area contributed by atoms with Gasteiger partial charge in [0, 0.05) is 12.1 Å². The topological polar surface area (TPSA) is 64.6 Å². The molecule has 0 radical (unpaired) electrons. The highest BCUT2D eigenvalue weighted by molar-refractivity contribution is 5.94. The fraction of sp³-hybridized carbons (Fsp3) is 0.364. The quantitative estimate of drug-likeness (QED) is 0.826. The monoisotopic (exact) mass is 365 g/mol. The number of hydrogen-bond donors (Lipinski definition) is 1. The van der Waals surface area contributed by atoms with Crippen LogP contribution in [0.25, 0.3) is 0 Å². The Hall–Kier alpha value is -2.82. The number of alkyl carbamates (subject to hydrolysis) is 1. The number of fused-ring (bicyclic) bond motifs is 2. The van der Waals surface area contributed by atoms with Gasteiger partial charge >= 0.3 is 12.1 Å². The van der Waals surface area contributed by atoms with E-state index in [1.54, 1.807) is 0 Å². The first-order chi connectivity index (χ1) is 13.2. The number of esters is 1. The van der Waals surface area contributed by atoms with Crippen molar-refractivity contribution < 1.29 is 19.1 Å². The van der Waals surface area contributed by atoms with E-state index >= 15 is 0 Å². The number of nitrogens with one attached hydrogen (secondary N) is 1. The summed E-state index contributed by atoms with van der Waals surface area (Å²) in [5.74, 6) is 0.151. The van der Waals surface area contributed by atoms with Crippen LogP contribution in [0.2, 0.25) is 0 Å². The highest BCUT2D eigenvalue weighted by Gasteiger charge is 2.47. The third-order valence-corrected chi connectivity index (χ3v) is 5.59. The fourth-order valence-corrected chi connectivity index (χ4v) is 4.07. The minimum Gasteiger partial charge on any atom is -0.451 e. The van der Waals surface area contributed by atoms with Crippen molar-refractivity contribution in [3.63, 3.8) is 0 Å². The van der Waals surface area contributed by atoms with E-state index < -0.39 is 11.7 Å². The second-order valence-corrected chi connectivity index (χ2v) is 7.32. The van der Waals surface area contributed by atoms with Crippen molar-refractivity contribution in [3.05, 3.63) is 71.3 Å². The summed E-state index contributed by atoms with van der Waals surface area (Å²) in [5.41, 5.74) is 2.20. The summed E-state index contributed by atoms with van der Waals surface area (Å²) in [6, 6.07) is 17.3. The number of rotatable bonds is 4. The molecule has 5 nitrogen and oxygen atoms in total. The third-order valence-electron chi connectivity index (χ3n) is 5.59. The van der Waals surface area contributed by atoms with Crippen molar-refractivity contribution in [2.75, 3.05) is 6.54 Å². The van der Waals surface area contributed by atoms with Crippen molar-refractivity contribution in [2.45, 2.75) is 37.9 Å². The van der Waals surface area contributed by atoms with Gasteiger partial charge in [0.2, 0.25) is 0 Å². The van der Waals surface area contributed by atoms with Crippen LogP contribution in [-0.2, 0) is 21.7 Å². The summed E-state index contributed by atoms with van der Waals surface area (Å²) < 4.78 is 11.0. The Morgan fingerprint density at radius 3 is 2.56 bits per heavy atom. The summed E-state index contributed by atoms with van der Waals surface area (Å²) in [6.45, 7) is 0.854. The van der Waals surface area contributed by atoms with E-state index in [0.717, 1.165) is 36.8 Å². The molecule has 2 aliphatic rings. The zero-order chi connectivity index (χ0) is 18.7. The summed E-state index contributed by atoms with van der Waals surface area (Å²) in [5, 5.41) is 2.86. The molecule has 0 bridgehead atoms. The van der Waals surface area contributed by atoms with Gasteiger partial charge in [0.15, 0.2) is 0 Å². The first-order valence-electron chi connectivity index (χ1n) is 9.44. The molecule has 2 aromatic rings. The molecule has 0 saturated heterocycles. The van der Waals surface area contributed by atoms with Crippen LogP contribution in [0.4, 0.5) is 4.79 Å². The van der Waals surface area contributed by atoms with Crippen LogP contribution in [0.3, 0.4) is 0 Å². The van der Waals surface area contributed by atoms with E-state index in [9.17, 15) is 9.59 Å². The summed E-state index contributed by atoms with van der Waals surface area (Å²) >= 11 is 0. The molecule has 27 heavy (non-hydrogen) atoms. The molecule has 1 aliphatic heterocycles. The Bertz CT molecular complexity index is 825. The van der Waals surface area contributed by atoms with Gasteiger partial charge in [-0.2, -0.15) is 0 Å². The van der Waals surface area contributed by atoms with E-state index in [0.29, 0.717) is 18.0 Å². The molecule has 1 heterocycles. The molecular formula is C22H23NO4. The predicted molar refractivity (Wildman–Crippen MR) is 100 cm³/mol. The average Bonchev–Trinajstić information content (AvgIpc) is 2.99. The molecule has 0 atom stereocenters. The van der Waals surface area contributed by atoms with Crippen LogP contribution >= 0.6 is 0 Å². The zero-order valence-corrected chi connectivity index (χ0v) is 15.1. The summed E-state index contributed by atoms with van der Waals surface area (Å²) in [4.78, 5) is 24.0. The second-order valence-electron chi connectivity index (χ2n) is 7.32. The number of hydrogen-bond acceptors (Lipinski definition) is 4. The van der Waals surface area contributed by atoms with Crippen molar-refractivity contribution in [1.82, 2.24) is 5.32 Å². The molecule has 1 saturated carbocycles. The average molecular weight is 365 g/mol. The third kappa shape index (κ3) is 3.68. The standard InChI is InChI=1S/C22H23NO4/c24-20-18-8-4-5-9-19(18)22(27-20)12-10-16(11-13-22)14-23-21(25)26-15-17-6-2-1-3-7-17/h1-9,16H,10-15H2,(H,23,25). The van der Waals surface area contributed by atoms with Crippen molar-refractivity contribution in [3.8, 4) is 0 Å². The SMILES string of the molecule is O=C(NCC1CCC2(CC1)OC(=O)c1ccccc12)OCc1ccccc1. The molecule has 1 fully saturated rings. The smallest absolute Gasteiger partial charge is 0.407 e. The number of ether oxygens (including phenoxy) is 2. The van der Waals surface area contributed by atoms with Gasteiger partial charge < -0.3 is 14.8 Å². The number of benzene rings is 2. The lowest BCUT2D eigenvalue weighted by Crippen LogP contribution is -2.36. The van der Waals surface area contributed by atoms with E-state index in [-0.39, 0.29) is 12.6 Å². The van der Waals surface area contributed by atoms with E-state index in [1.165, 1.54) is 0 Å². The Kier molecular flexibility index (Phi) is 4.84. The first-order valence-corrected chi connectivity index (χ1v) is 9.44. The van der Waals surface area contributed by atoms with Crippen LogP contribution in [0.5, 0.6) is 0 Å². The highest BCUT2D eigenvalue weighted by Crippen LogP contribution is 2.47. The minimum atomic E-state index is -0.474. The van der Waals surface area contributed by atoms with Gasteiger partial charge in [0.05, 0.1) is 5.56 Å². The number of amides is 1. The Morgan fingerprint density at radius 2 is 1.78 bits per heavy atom.